The van der Waals surface area contributed by atoms with Crippen molar-refractivity contribution in [1.82, 2.24) is 9.71 Å². The minimum absolute atomic E-state index is 0.0177. The maximum absolute atomic E-state index is 12.1. The molecule has 1 aliphatic heterocycles. The molecule has 1 saturated heterocycles. The molecule has 1 aliphatic rings. The van der Waals surface area contributed by atoms with E-state index in [0.717, 1.165) is 0 Å². The molecule has 1 unspecified atom stereocenters. The van der Waals surface area contributed by atoms with E-state index in [9.17, 15) is 16.8 Å². The molecule has 0 saturated carbocycles. The van der Waals surface area contributed by atoms with Crippen LogP contribution in [0, 0.1) is 0 Å². The van der Waals surface area contributed by atoms with E-state index in [1.165, 1.54) is 18.3 Å². The Bertz CT molecular complexity index is 687. The minimum Gasteiger partial charge on any atom is -0.308 e. The summed E-state index contributed by atoms with van der Waals surface area (Å²) in [5.74, 6) is 5.49. The molecule has 20 heavy (non-hydrogen) atoms. The van der Waals surface area contributed by atoms with Crippen LogP contribution < -0.4 is 16.0 Å². The van der Waals surface area contributed by atoms with Crippen molar-refractivity contribution < 1.29 is 16.8 Å². The molecule has 1 fully saturated rings. The van der Waals surface area contributed by atoms with Gasteiger partial charge < -0.3 is 5.43 Å². The minimum atomic E-state index is -3.78. The average molecular weight is 320 g/mol. The Kier molecular flexibility index (Phi) is 4.28. The number of anilines is 1. The summed E-state index contributed by atoms with van der Waals surface area (Å²) < 4.78 is 49.7. The first-order chi connectivity index (χ1) is 9.35. The summed E-state index contributed by atoms with van der Waals surface area (Å²) in [7, 11) is -6.96. The molecule has 0 aliphatic carbocycles. The third-order valence-electron chi connectivity index (χ3n) is 3.15. The molecule has 0 spiro atoms. The van der Waals surface area contributed by atoms with Gasteiger partial charge in [-0.3, -0.25) is 0 Å². The predicted octanol–water partition coefficient (Wildman–Crippen LogP) is -0.777. The van der Waals surface area contributed by atoms with Crippen LogP contribution in [-0.2, 0) is 19.9 Å². The number of nitrogens with two attached hydrogens (primary N) is 1. The van der Waals surface area contributed by atoms with E-state index in [1.807, 2.05) is 0 Å². The fourth-order valence-corrected chi connectivity index (χ4v) is 5.00. The Morgan fingerprint density at radius 3 is 2.80 bits per heavy atom. The van der Waals surface area contributed by atoms with Crippen LogP contribution in [0.15, 0.2) is 23.2 Å². The molecule has 8 nitrogen and oxygen atoms in total. The lowest BCUT2D eigenvalue weighted by atomic mass is 10.2. The molecule has 0 bridgehead atoms. The molecule has 1 atom stereocenters. The Balaban J connectivity index is 2.11. The number of nitrogens with one attached hydrogen (secondary N) is 2. The number of rotatable bonds is 5. The van der Waals surface area contributed by atoms with Crippen molar-refractivity contribution in [2.75, 3.05) is 17.7 Å². The fourth-order valence-electron chi connectivity index (χ4n) is 2.03. The van der Waals surface area contributed by atoms with E-state index >= 15 is 0 Å². The summed E-state index contributed by atoms with van der Waals surface area (Å²) in [5, 5.41) is -0.647. The summed E-state index contributed by atoms with van der Waals surface area (Å²) in [6.45, 7) is -0.113. The highest BCUT2D eigenvalue weighted by Gasteiger charge is 2.32. The number of nitrogens with zero attached hydrogens (tertiary/aromatic N) is 1. The second-order valence-electron chi connectivity index (χ2n) is 4.50. The van der Waals surface area contributed by atoms with Crippen molar-refractivity contribution in [3.8, 4) is 0 Å². The van der Waals surface area contributed by atoms with Gasteiger partial charge >= 0.3 is 0 Å². The Labute approximate surface area is 117 Å². The van der Waals surface area contributed by atoms with Gasteiger partial charge in [0.15, 0.2) is 9.84 Å². The van der Waals surface area contributed by atoms with Crippen LogP contribution in [-0.4, -0.2) is 39.4 Å². The molecule has 0 aromatic carbocycles. The van der Waals surface area contributed by atoms with Gasteiger partial charge in [-0.1, -0.05) is 0 Å². The van der Waals surface area contributed by atoms with Gasteiger partial charge in [-0.25, -0.2) is 32.4 Å². The maximum atomic E-state index is 12.1. The fraction of sp³-hybridized carbons (Fsp3) is 0.500. The zero-order valence-corrected chi connectivity index (χ0v) is 12.2. The molecule has 0 radical (unpaired) electrons. The molecule has 2 rings (SSSR count). The number of pyridine rings is 1. The number of hydrogen-bond acceptors (Lipinski definition) is 7. The second-order valence-corrected chi connectivity index (χ2v) is 8.67. The molecule has 4 N–H and O–H groups in total. The third-order valence-corrected chi connectivity index (χ3v) is 6.85. The summed E-state index contributed by atoms with van der Waals surface area (Å²) in [5.41, 5.74) is 2.25. The molecule has 1 aromatic heterocycles. The Hall–Kier alpha value is -1.23. The van der Waals surface area contributed by atoms with E-state index in [4.69, 9.17) is 5.84 Å². The van der Waals surface area contributed by atoms with E-state index in [1.54, 1.807) is 0 Å². The van der Waals surface area contributed by atoms with E-state index in [-0.39, 0.29) is 23.0 Å². The smallest absolute Gasteiger partial charge is 0.240 e. The number of sulfone groups is 1. The Morgan fingerprint density at radius 1 is 1.45 bits per heavy atom. The molecule has 10 heteroatoms. The van der Waals surface area contributed by atoms with Crippen molar-refractivity contribution >= 4 is 25.7 Å². The topological polar surface area (TPSA) is 131 Å². The largest absolute Gasteiger partial charge is 0.308 e. The lowest BCUT2D eigenvalue weighted by Gasteiger charge is -2.11. The number of aromatic nitrogens is 1. The van der Waals surface area contributed by atoms with Gasteiger partial charge in [0, 0.05) is 18.8 Å². The molecule has 112 valence electrons. The normalized spacial score (nSPS) is 21.8. The first kappa shape index (κ1) is 15.2. The summed E-state index contributed by atoms with van der Waals surface area (Å²) in [4.78, 5) is 3.79. The molecule has 0 amide bonds. The first-order valence-corrected chi connectivity index (χ1v) is 9.19. The zero-order chi connectivity index (χ0) is 14.8. The first-order valence-electron chi connectivity index (χ1n) is 5.99. The van der Waals surface area contributed by atoms with Crippen LogP contribution in [0.25, 0.3) is 0 Å². The van der Waals surface area contributed by atoms with Gasteiger partial charge in [0.25, 0.3) is 0 Å². The highest BCUT2D eigenvalue weighted by atomic mass is 32.2. The molecular formula is C10H16N4O4S2. The Morgan fingerprint density at radius 2 is 2.20 bits per heavy atom. The lowest BCUT2D eigenvalue weighted by Crippen LogP contribution is -2.34. The number of sulfonamides is 1. The molecular weight excluding hydrogens is 304 g/mol. The summed E-state index contributed by atoms with van der Waals surface area (Å²) in [6, 6.07) is 2.58. The van der Waals surface area contributed by atoms with Gasteiger partial charge in [0.2, 0.25) is 10.0 Å². The molecule has 2 heterocycles. The van der Waals surface area contributed by atoms with Crippen LogP contribution in [0.2, 0.25) is 0 Å². The number of hydrazine groups is 1. The maximum Gasteiger partial charge on any atom is 0.240 e. The van der Waals surface area contributed by atoms with Gasteiger partial charge in [0.05, 0.1) is 15.9 Å². The monoisotopic (exact) mass is 320 g/mol. The van der Waals surface area contributed by atoms with Crippen molar-refractivity contribution in [3.05, 3.63) is 18.3 Å². The van der Waals surface area contributed by atoms with Crippen LogP contribution in [0.4, 0.5) is 5.82 Å². The van der Waals surface area contributed by atoms with Gasteiger partial charge in [-0.05, 0) is 18.9 Å². The number of nitrogen functional groups attached to an aromatic ring is 1. The van der Waals surface area contributed by atoms with Gasteiger partial charge in [0.1, 0.15) is 5.82 Å². The average Bonchev–Trinajstić information content (AvgIpc) is 2.75. The SMILES string of the molecule is NNc1cc(S(=O)(=O)NCC2CCCS2(=O)=O)ccn1. The van der Waals surface area contributed by atoms with E-state index in [2.05, 4.69) is 15.1 Å². The summed E-state index contributed by atoms with van der Waals surface area (Å²) >= 11 is 0. The second kappa shape index (κ2) is 5.64. The third kappa shape index (κ3) is 3.26. The molecule has 1 aromatic rings. The predicted molar refractivity (Wildman–Crippen MR) is 74.0 cm³/mol. The lowest BCUT2D eigenvalue weighted by molar-refractivity contribution is 0.571. The quantitative estimate of drug-likeness (QED) is 0.479. The van der Waals surface area contributed by atoms with Crippen LogP contribution >= 0.6 is 0 Å². The highest BCUT2D eigenvalue weighted by Crippen LogP contribution is 2.20. The van der Waals surface area contributed by atoms with Gasteiger partial charge in [-0.2, -0.15) is 0 Å². The van der Waals surface area contributed by atoms with Crippen molar-refractivity contribution in [1.29, 1.82) is 0 Å². The van der Waals surface area contributed by atoms with Crippen molar-refractivity contribution in [3.63, 3.8) is 0 Å². The standard InChI is InChI=1S/C10H16N4O4S2/c11-14-10-6-8(3-4-12-10)20(17,18)13-7-9-2-1-5-19(9,15)16/h3-4,6,9,13H,1-2,5,7,11H2,(H,12,14). The zero-order valence-electron chi connectivity index (χ0n) is 10.6. The van der Waals surface area contributed by atoms with Crippen molar-refractivity contribution in [2.45, 2.75) is 23.0 Å². The highest BCUT2D eigenvalue weighted by molar-refractivity contribution is 7.92. The van der Waals surface area contributed by atoms with Crippen molar-refractivity contribution in [2.24, 2.45) is 5.84 Å². The van der Waals surface area contributed by atoms with Crippen LogP contribution in [0.5, 0.6) is 0 Å². The van der Waals surface area contributed by atoms with E-state index < -0.39 is 25.1 Å². The van der Waals surface area contributed by atoms with E-state index in [0.29, 0.717) is 12.8 Å². The van der Waals surface area contributed by atoms with Gasteiger partial charge in [-0.15, -0.1) is 0 Å². The number of hydrogen-bond donors (Lipinski definition) is 3. The van der Waals surface area contributed by atoms with Crippen LogP contribution in [0.3, 0.4) is 0 Å². The summed E-state index contributed by atoms with van der Waals surface area (Å²) in [6.07, 6.45) is 2.36. The van der Waals surface area contributed by atoms with Crippen LogP contribution in [0.1, 0.15) is 12.8 Å².